The van der Waals surface area contributed by atoms with Crippen LogP contribution in [-0.2, 0) is 6.54 Å². The molecule has 0 aliphatic rings. The van der Waals surface area contributed by atoms with Gasteiger partial charge in [-0.05, 0) is 41.3 Å². The maximum absolute atomic E-state index is 12.7. The summed E-state index contributed by atoms with van der Waals surface area (Å²) in [5, 5.41) is 0. The summed E-state index contributed by atoms with van der Waals surface area (Å²) in [6.45, 7) is 11.1. The molecule has 0 aliphatic heterocycles. The minimum Gasteiger partial charge on any atom is -0.342 e. The first kappa shape index (κ1) is 17.3. The number of aromatic nitrogens is 1. The molecule has 0 aliphatic carbocycles. The minimum absolute atomic E-state index is 0.151. The molecule has 0 atom stereocenters. The smallest absolute Gasteiger partial charge is 0.270 e. The molecular formula is C16H27BrN2O. The van der Waals surface area contributed by atoms with Crippen LogP contribution in [0.3, 0.4) is 0 Å². The van der Waals surface area contributed by atoms with Crippen molar-refractivity contribution in [1.29, 1.82) is 0 Å². The van der Waals surface area contributed by atoms with Crippen molar-refractivity contribution in [2.75, 3.05) is 13.1 Å². The highest BCUT2D eigenvalue weighted by atomic mass is 79.9. The Morgan fingerprint density at radius 1 is 1.30 bits per heavy atom. The van der Waals surface area contributed by atoms with E-state index in [4.69, 9.17) is 0 Å². The van der Waals surface area contributed by atoms with Gasteiger partial charge in [0.25, 0.3) is 5.91 Å². The van der Waals surface area contributed by atoms with Crippen molar-refractivity contribution in [2.45, 2.75) is 53.5 Å². The third-order valence-electron chi connectivity index (χ3n) is 3.85. The molecule has 0 unspecified atom stereocenters. The van der Waals surface area contributed by atoms with E-state index >= 15 is 0 Å². The predicted molar refractivity (Wildman–Crippen MR) is 88.1 cm³/mol. The monoisotopic (exact) mass is 342 g/mol. The summed E-state index contributed by atoms with van der Waals surface area (Å²) in [6.07, 6.45) is 5.28. The van der Waals surface area contributed by atoms with Gasteiger partial charge in [0.15, 0.2) is 0 Å². The molecular weight excluding hydrogens is 316 g/mol. The highest BCUT2D eigenvalue weighted by molar-refractivity contribution is 9.10. The van der Waals surface area contributed by atoms with Crippen LogP contribution in [0.4, 0.5) is 0 Å². The lowest BCUT2D eigenvalue weighted by molar-refractivity contribution is 0.0724. The van der Waals surface area contributed by atoms with Crippen molar-refractivity contribution in [3.63, 3.8) is 0 Å². The van der Waals surface area contributed by atoms with E-state index in [-0.39, 0.29) is 5.91 Å². The third kappa shape index (κ3) is 4.37. The molecule has 1 aromatic heterocycles. The van der Waals surface area contributed by atoms with Crippen LogP contribution in [0.5, 0.6) is 0 Å². The maximum atomic E-state index is 12.7. The van der Waals surface area contributed by atoms with E-state index in [0.717, 1.165) is 49.1 Å². The molecule has 4 heteroatoms. The molecule has 0 bridgehead atoms. The van der Waals surface area contributed by atoms with Crippen molar-refractivity contribution in [2.24, 2.45) is 5.92 Å². The average Bonchev–Trinajstić information content (AvgIpc) is 2.81. The van der Waals surface area contributed by atoms with Gasteiger partial charge in [-0.25, -0.2) is 0 Å². The molecule has 0 N–H and O–H groups in total. The zero-order valence-corrected chi connectivity index (χ0v) is 14.7. The first-order chi connectivity index (χ1) is 9.57. The van der Waals surface area contributed by atoms with E-state index in [1.54, 1.807) is 0 Å². The number of halogens is 1. The molecule has 1 rings (SSSR count). The fourth-order valence-electron chi connectivity index (χ4n) is 2.46. The van der Waals surface area contributed by atoms with Crippen molar-refractivity contribution >= 4 is 21.8 Å². The Bertz CT molecular complexity index is 424. The quantitative estimate of drug-likeness (QED) is 0.679. The highest BCUT2D eigenvalue weighted by Gasteiger charge is 2.20. The maximum Gasteiger partial charge on any atom is 0.270 e. The van der Waals surface area contributed by atoms with E-state index in [1.807, 2.05) is 17.2 Å². The van der Waals surface area contributed by atoms with Crippen LogP contribution >= 0.6 is 15.9 Å². The molecule has 20 heavy (non-hydrogen) atoms. The summed E-state index contributed by atoms with van der Waals surface area (Å²) in [5.41, 5.74) is 0.798. The molecule has 114 valence electrons. The van der Waals surface area contributed by atoms with Crippen LogP contribution in [0.25, 0.3) is 0 Å². The first-order valence-corrected chi connectivity index (χ1v) is 8.51. The number of rotatable bonds is 8. The summed E-state index contributed by atoms with van der Waals surface area (Å²) in [7, 11) is 0. The zero-order chi connectivity index (χ0) is 15.1. The van der Waals surface area contributed by atoms with Crippen molar-refractivity contribution in [3.05, 3.63) is 22.4 Å². The second-order valence-corrected chi connectivity index (χ2v) is 6.18. The van der Waals surface area contributed by atoms with E-state index in [9.17, 15) is 4.79 Å². The molecule has 1 heterocycles. The molecule has 3 nitrogen and oxygen atoms in total. The Morgan fingerprint density at radius 2 is 1.95 bits per heavy atom. The van der Waals surface area contributed by atoms with Crippen molar-refractivity contribution in [3.8, 4) is 0 Å². The third-order valence-corrected chi connectivity index (χ3v) is 4.28. The van der Waals surface area contributed by atoms with E-state index in [1.165, 1.54) is 0 Å². The van der Waals surface area contributed by atoms with Gasteiger partial charge in [0.2, 0.25) is 0 Å². The van der Waals surface area contributed by atoms with E-state index in [0.29, 0.717) is 5.92 Å². The predicted octanol–water partition coefficient (Wildman–Crippen LogP) is 4.56. The standard InChI is InChI=1S/C16H27BrN2O/c1-5-9-19-12-14(17)10-15(19)16(20)18(8-4)11-13(6-2)7-3/h10,12-13H,5-9,11H2,1-4H3. The van der Waals surface area contributed by atoms with Gasteiger partial charge in [-0.3, -0.25) is 4.79 Å². The number of carbonyl (C=O) groups excluding carboxylic acids is 1. The van der Waals surface area contributed by atoms with Crippen molar-refractivity contribution in [1.82, 2.24) is 9.47 Å². The van der Waals surface area contributed by atoms with Gasteiger partial charge in [-0.15, -0.1) is 0 Å². The second-order valence-electron chi connectivity index (χ2n) is 5.26. The average molecular weight is 343 g/mol. The number of amides is 1. The molecule has 0 fully saturated rings. The summed E-state index contributed by atoms with van der Waals surface area (Å²) in [5.74, 6) is 0.746. The van der Waals surface area contributed by atoms with Crippen molar-refractivity contribution < 1.29 is 4.79 Å². The van der Waals surface area contributed by atoms with Crippen LogP contribution in [-0.4, -0.2) is 28.5 Å². The van der Waals surface area contributed by atoms with Gasteiger partial charge in [-0.2, -0.15) is 0 Å². The number of aryl methyl sites for hydroxylation is 1. The fraction of sp³-hybridized carbons (Fsp3) is 0.688. The number of carbonyl (C=O) groups is 1. The fourth-order valence-corrected chi connectivity index (χ4v) is 2.92. The van der Waals surface area contributed by atoms with Gasteiger partial charge >= 0.3 is 0 Å². The molecule has 0 spiro atoms. The second kappa shape index (κ2) is 8.50. The molecule has 0 saturated carbocycles. The van der Waals surface area contributed by atoms with Crippen LogP contribution in [0.1, 0.15) is 57.4 Å². The van der Waals surface area contributed by atoms with Gasteiger partial charge < -0.3 is 9.47 Å². The molecule has 1 aromatic rings. The van der Waals surface area contributed by atoms with E-state index in [2.05, 4.69) is 48.2 Å². The molecule has 0 saturated heterocycles. The number of nitrogens with zero attached hydrogens (tertiary/aromatic N) is 2. The topological polar surface area (TPSA) is 25.2 Å². The first-order valence-electron chi connectivity index (χ1n) is 7.72. The van der Waals surface area contributed by atoms with Crippen LogP contribution < -0.4 is 0 Å². The minimum atomic E-state index is 0.151. The number of hydrogen-bond donors (Lipinski definition) is 0. The van der Waals surface area contributed by atoms with Gasteiger partial charge in [0, 0.05) is 30.3 Å². The SMILES string of the molecule is CCCn1cc(Br)cc1C(=O)N(CC)CC(CC)CC. The Kier molecular flexibility index (Phi) is 7.35. The van der Waals surface area contributed by atoms with Crippen LogP contribution in [0.2, 0.25) is 0 Å². The van der Waals surface area contributed by atoms with Gasteiger partial charge in [-0.1, -0.05) is 33.6 Å². The molecule has 0 radical (unpaired) electrons. The molecule has 0 aromatic carbocycles. The van der Waals surface area contributed by atoms with Gasteiger partial charge in [0.1, 0.15) is 5.69 Å². The lowest BCUT2D eigenvalue weighted by atomic mass is 10.0. The lowest BCUT2D eigenvalue weighted by Gasteiger charge is -2.26. The Morgan fingerprint density at radius 3 is 2.45 bits per heavy atom. The Labute approximate surface area is 131 Å². The van der Waals surface area contributed by atoms with Crippen LogP contribution in [0, 0.1) is 5.92 Å². The summed E-state index contributed by atoms with van der Waals surface area (Å²) < 4.78 is 3.04. The largest absolute Gasteiger partial charge is 0.342 e. The summed E-state index contributed by atoms with van der Waals surface area (Å²) in [6, 6.07) is 1.94. The zero-order valence-electron chi connectivity index (χ0n) is 13.2. The summed E-state index contributed by atoms with van der Waals surface area (Å²) in [4.78, 5) is 14.7. The number of hydrogen-bond acceptors (Lipinski definition) is 1. The van der Waals surface area contributed by atoms with E-state index < -0.39 is 0 Å². The Hall–Kier alpha value is -0.770. The molecule has 1 amide bonds. The van der Waals surface area contributed by atoms with Crippen LogP contribution in [0.15, 0.2) is 16.7 Å². The Balaban J connectivity index is 2.90. The summed E-state index contributed by atoms with van der Waals surface area (Å²) >= 11 is 3.48. The highest BCUT2D eigenvalue weighted by Crippen LogP contribution is 2.19. The normalized spacial score (nSPS) is 11.1. The lowest BCUT2D eigenvalue weighted by Crippen LogP contribution is -2.36. The van der Waals surface area contributed by atoms with Gasteiger partial charge in [0.05, 0.1) is 0 Å².